The zero-order valence-electron chi connectivity index (χ0n) is 8.98. The van der Waals surface area contributed by atoms with Gasteiger partial charge in [0.25, 0.3) is 0 Å². The third-order valence-corrected chi connectivity index (χ3v) is 3.96. The van der Waals surface area contributed by atoms with Gasteiger partial charge in [0.2, 0.25) is 0 Å². The Morgan fingerprint density at radius 1 is 1.13 bits per heavy atom. The molecular formula is C13H17OP. The van der Waals surface area contributed by atoms with Gasteiger partial charge < -0.3 is 0 Å². The van der Waals surface area contributed by atoms with E-state index in [1.165, 1.54) is 37.7 Å². The zero-order chi connectivity index (χ0) is 10.5. The van der Waals surface area contributed by atoms with Crippen molar-refractivity contribution in [3.63, 3.8) is 0 Å². The van der Waals surface area contributed by atoms with Gasteiger partial charge >= 0.3 is 0 Å². The molecule has 0 aromatic heterocycles. The summed E-state index contributed by atoms with van der Waals surface area (Å²) in [7, 11) is 0.167. The molecule has 15 heavy (non-hydrogen) atoms. The van der Waals surface area contributed by atoms with Crippen molar-refractivity contribution < 1.29 is 4.57 Å². The summed E-state index contributed by atoms with van der Waals surface area (Å²) < 4.78 is 11.0. The van der Waals surface area contributed by atoms with Crippen molar-refractivity contribution in [1.82, 2.24) is 0 Å². The minimum Gasteiger partial charge on any atom is -0.269 e. The molecule has 0 amide bonds. The van der Waals surface area contributed by atoms with E-state index in [1.54, 1.807) is 0 Å². The van der Waals surface area contributed by atoms with Crippen LogP contribution in [0.2, 0.25) is 0 Å². The van der Waals surface area contributed by atoms with E-state index in [0.717, 1.165) is 17.6 Å². The first-order valence-corrected chi connectivity index (χ1v) is 6.62. The third kappa shape index (κ3) is 2.89. The number of rotatable bonds is 3. The maximum atomic E-state index is 11.0. The quantitative estimate of drug-likeness (QED) is 0.709. The molecule has 1 saturated carbocycles. The Labute approximate surface area is 93.1 Å². The molecule has 2 heteroatoms. The number of benzene rings is 1. The first-order chi connectivity index (χ1) is 7.40. The summed E-state index contributed by atoms with van der Waals surface area (Å²) in [5.74, 6) is 0.821. The fourth-order valence-electron chi connectivity index (χ4n) is 2.47. The van der Waals surface area contributed by atoms with Gasteiger partial charge in [0.1, 0.15) is 0 Å². The summed E-state index contributed by atoms with van der Waals surface area (Å²) in [5.41, 5.74) is 1.28. The fourth-order valence-corrected chi connectivity index (χ4v) is 2.90. The van der Waals surface area contributed by atoms with Crippen molar-refractivity contribution in [1.29, 1.82) is 0 Å². The van der Waals surface area contributed by atoms with Crippen molar-refractivity contribution in [3.05, 3.63) is 29.8 Å². The van der Waals surface area contributed by atoms with Gasteiger partial charge in [0, 0.05) is 5.30 Å². The largest absolute Gasteiger partial charge is 0.269 e. The molecule has 0 aliphatic heterocycles. The molecule has 0 unspecified atom stereocenters. The normalized spacial score (nSPS) is 18.1. The van der Waals surface area contributed by atoms with Crippen molar-refractivity contribution >= 4 is 13.8 Å². The van der Waals surface area contributed by atoms with E-state index >= 15 is 0 Å². The van der Waals surface area contributed by atoms with Gasteiger partial charge in [-0.25, -0.2) is 0 Å². The molecule has 1 nitrogen and oxygen atoms in total. The Morgan fingerprint density at radius 2 is 1.87 bits per heavy atom. The van der Waals surface area contributed by atoms with Gasteiger partial charge in [-0.3, -0.25) is 4.57 Å². The molecule has 0 N–H and O–H groups in total. The smallest absolute Gasteiger partial charge is 0.192 e. The standard InChI is InChI=1S/C13H17OP/c14-15-13-9-5-4-8-12(13)10-11-6-2-1-3-7-11/h4-5,8-9,11H,1-3,6-7,10H2. The van der Waals surface area contributed by atoms with Gasteiger partial charge in [-0.1, -0.05) is 50.3 Å². The van der Waals surface area contributed by atoms with Crippen molar-refractivity contribution in [3.8, 4) is 0 Å². The van der Waals surface area contributed by atoms with E-state index in [4.69, 9.17) is 0 Å². The van der Waals surface area contributed by atoms with Gasteiger partial charge in [-0.05, 0) is 24.0 Å². The van der Waals surface area contributed by atoms with Crippen LogP contribution in [0.4, 0.5) is 0 Å². The second-order valence-corrected chi connectivity index (χ2v) is 5.09. The molecule has 2 rings (SSSR count). The molecule has 0 bridgehead atoms. The van der Waals surface area contributed by atoms with Crippen LogP contribution in [0.15, 0.2) is 24.3 Å². The Morgan fingerprint density at radius 3 is 2.60 bits per heavy atom. The van der Waals surface area contributed by atoms with Gasteiger partial charge in [0.15, 0.2) is 8.46 Å². The van der Waals surface area contributed by atoms with E-state index in [2.05, 4.69) is 6.07 Å². The molecule has 0 spiro atoms. The summed E-state index contributed by atoms with van der Waals surface area (Å²) in [4.78, 5) is 0. The van der Waals surface area contributed by atoms with E-state index in [1.807, 2.05) is 18.2 Å². The molecule has 1 aromatic rings. The van der Waals surface area contributed by atoms with Crippen LogP contribution in [0, 0.1) is 5.92 Å². The van der Waals surface area contributed by atoms with Gasteiger partial charge in [-0.2, -0.15) is 0 Å². The first kappa shape index (κ1) is 10.8. The Kier molecular flexibility index (Phi) is 3.91. The first-order valence-electron chi connectivity index (χ1n) is 5.81. The summed E-state index contributed by atoms with van der Waals surface area (Å²) in [6, 6.07) is 8.10. The molecule has 0 heterocycles. The average Bonchev–Trinajstić information content (AvgIpc) is 2.31. The molecule has 80 valence electrons. The highest BCUT2D eigenvalue weighted by molar-refractivity contribution is 7.34. The van der Waals surface area contributed by atoms with Crippen LogP contribution in [0.3, 0.4) is 0 Å². The number of hydrogen-bond acceptors (Lipinski definition) is 1. The highest BCUT2D eigenvalue weighted by Gasteiger charge is 2.15. The van der Waals surface area contributed by atoms with Gasteiger partial charge in [-0.15, -0.1) is 0 Å². The molecule has 0 radical (unpaired) electrons. The summed E-state index contributed by atoms with van der Waals surface area (Å²) >= 11 is 0. The summed E-state index contributed by atoms with van der Waals surface area (Å²) in [6.45, 7) is 0. The molecule has 0 saturated heterocycles. The van der Waals surface area contributed by atoms with Crippen LogP contribution in [0.1, 0.15) is 37.7 Å². The van der Waals surface area contributed by atoms with E-state index in [9.17, 15) is 4.57 Å². The number of hydrogen-bond donors (Lipinski definition) is 0. The third-order valence-electron chi connectivity index (χ3n) is 3.32. The topological polar surface area (TPSA) is 17.1 Å². The van der Waals surface area contributed by atoms with Crippen molar-refractivity contribution in [2.24, 2.45) is 5.92 Å². The lowest BCUT2D eigenvalue weighted by Crippen LogP contribution is -2.13. The molecule has 1 aliphatic carbocycles. The fraction of sp³-hybridized carbons (Fsp3) is 0.538. The maximum Gasteiger partial charge on any atom is 0.192 e. The van der Waals surface area contributed by atoms with E-state index < -0.39 is 0 Å². The second-order valence-electron chi connectivity index (χ2n) is 4.43. The SMILES string of the molecule is O=Pc1ccccc1CC1CCCCC1. The maximum absolute atomic E-state index is 11.0. The summed E-state index contributed by atoms with van der Waals surface area (Å²) in [5, 5.41) is 0.975. The van der Waals surface area contributed by atoms with Crippen LogP contribution in [-0.2, 0) is 11.0 Å². The lowest BCUT2D eigenvalue weighted by atomic mass is 9.85. The van der Waals surface area contributed by atoms with Crippen LogP contribution >= 0.6 is 8.46 Å². The minimum atomic E-state index is 0.167. The zero-order valence-corrected chi connectivity index (χ0v) is 9.88. The monoisotopic (exact) mass is 220 g/mol. The lowest BCUT2D eigenvalue weighted by molar-refractivity contribution is 0.357. The van der Waals surface area contributed by atoms with Crippen LogP contribution in [0.25, 0.3) is 0 Å². The molecule has 1 aromatic carbocycles. The second kappa shape index (κ2) is 5.42. The predicted molar refractivity (Wildman–Crippen MR) is 64.0 cm³/mol. The van der Waals surface area contributed by atoms with Crippen LogP contribution in [-0.4, -0.2) is 0 Å². The Hall–Kier alpha value is -0.680. The van der Waals surface area contributed by atoms with Crippen LogP contribution in [0.5, 0.6) is 0 Å². The van der Waals surface area contributed by atoms with Gasteiger partial charge in [0.05, 0.1) is 0 Å². The van der Waals surface area contributed by atoms with E-state index in [-0.39, 0.29) is 8.46 Å². The molecular weight excluding hydrogens is 203 g/mol. The Bertz CT molecular complexity index is 329. The highest BCUT2D eigenvalue weighted by Crippen LogP contribution is 2.26. The molecule has 1 fully saturated rings. The average molecular weight is 220 g/mol. The molecule has 0 atom stereocenters. The Balaban J connectivity index is 2.05. The van der Waals surface area contributed by atoms with Crippen molar-refractivity contribution in [2.45, 2.75) is 38.5 Å². The highest BCUT2D eigenvalue weighted by atomic mass is 31.1. The lowest BCUT2D eigenvalue weighted by Gasteiger charge is -2.21. The van der Waals surface area contributed by atoms with Crippen LogP contribution < -0.4 is 5.30 Å². The summed E-state index contributed by atoms with van der Waals surface area (Å²) in [6.07, 6.45) is 7.97. The molecule has 1 aliphatic rings. The van der Waals surface area contributed by atoms with Crippen molar-refractivity contribution in [2.75, 3.05) is 0 Å². The van der Waals surface area contributed by atoms with E-state index in [0.29, 0.717) is 0 Å². The minimum absolute atomic E-state index is 0.167. The predicted octanol–water partition coefficient (Wildman–Crippen LogP) is 3.73.